The predicted octanol–water partition coefficient (Wildman–Crippen LogP) is 2.71. The zero-order valence-electron chi connectivity index (χ0n) is 11.2. The molecule has 3 rings (SSSR count). The number of nitrogens with one attached hydrogen (secondary N) is 1. The van der Waals surface area contributed by atoms with Gasteiger partial charge in [0.25, 0.3) is 0 Å². The van der Waals surface area contributed by atoms with Crippen LogP contribution >= 0.6 is 11.6 Å². The predicted molar refractivity (Wildman–Crippen MR) is 75.5 cm³/mol. The Morgan fingerprint density at radius 3 is 3.00 bits per heavy atom. The summed E-state index contributed by atoms with van der Waals surface area (Å²) in [7, 11) is 0. The van der Waals surface area contributed by atoms with Gasteiger partial charge in [0.15, 0.2) is 0 Å². The summed E-state index contributed by atoms with van der Waals surface area (Å²) in [5.74, 6) is -0.673. The van der Waals surface area contributed by atoms with Gasteiger partial charge in [0.2, 0.25) is 5.91 Å². The molecule has 2 aromatic heterocycles. The van der Waals surface area contributed by atoms with Crippen molar-refractivity contribution in [3.05, 3.63) is 46.9 Å². The summed E-state index contributed by atoms with van der Waals surface area (Å²) < 4.78 is 14.0. The molecule has 0 radical (unpaired) electrons. The first-order valence-corrected chi connectivity index (χ1v) is 6.83. The Hall–Kier alpha value is -2.08. The van der Waals surface area contributed by atoms with Crippen LogP contribution in [0, 0.1) is 18.7 Å². The Balaban J connectivity index is 1.70. The van der Waals surface area contributed by atoms with Gasteiger partial charge in [-0.2, -0.15) is 0 Å². The van der Waals surface area contributed by atoms with Crippen LogP contribution in [-0.4, -0.2) is 20.9 Å². The molecule has 2 atom stereocenters. The Bertz CT molecular complexity index is 709. The monoisotopic (exact) mass is 306 g/mol. The molecule has 21 heavy (non-hydrogen) atoms. The highest BCUT2D eigenvalue weighted by Gasteiger charge is 2.46. The van der Waals surface area contributed by atoms with Gasteiger partial charge in [0, 0.05) is 24.1 Å². The van der Waals surface area contributed by atoms with Crippen molar-refractivity contribution in [2.24, 2.45) is 5.92 Å². The van der Waals surface area contributed by atoms with E-state index in [2.05, 4.69) is 20.3 Å². The summed E-state index contributed by atoms with van der Waals surface area (Å²) in [6, 6.07) is 3.07. The average molecular weight is 307 g/mol. The number of amides is 1. The van der Waals surface area contributed by atoms with Crippen molar-refractivity contribution in [2.45, 2.75) is 19.3 Å². The van der Waals surface area contributed by atoms with Gasteiger partial charge in [-0.05, 0) is 25.0 Å². The lowest BCUT2D eigenvalue weighted by Crippen LogP contribution is -2.16. The van der Waals surface area contributed by atoms with Crippen LogP contribution in [0.25, 0.3) is 0 Å². The van der Waals surface area contributed by atoms with Crippen LogP contribution in [-0.2, 0) is 4.79 Å². The number of carbonyl (C=O) groups excluding carboxylic acids is 1. The van der Waals surface area contributed by atoms with Crippen LogP contribution in [0.3, 0.4) is 0 Å². The lowest BCUT2D eigenvalue weighted by Gasteiger charge is -2.05. The third-order valence-corrected chi connectivity index (χ3v) is 3.68. The quantitative estimate of drug-likeness (QED) is 0.885. The minimum atomic E-state index is -0.331. The minimum Gasteiger partial charge on any atom is -0.310 e. The van der Waals surface area contributed by atoms with Gasteiger partial charge >= 0.3 is 0 Å². The average Bonchev–Trinajstić information content (AvgIpc) is 3.22. The summed E-state index contributed by atoms with van der Waals surface area (Å²) in [5, 5.41) is 2.90. The maximum atomic E-state index is 14.0. The molecule has 0 spiro atoms. The zero-order chi connectivity index (χ0) is 15.0. The number of carbonyl (C=O) groups is 1. The Labute approximate surface area is 125 Å². The highest BCUT2D eigenvalue weighted by atomic mass is 35.5. The number of nitrogens with zero attached hydrogens (tertiary/aromatic N) is 3. The fourth-order valence-electron chi connectivity index (χ4n) is 2.23. The fraction of sp³-hybridized carbons (Fsp3) is 0.286. The fourth-order valence-corrected chi connectivity index (χ4v) is 2.37. The van der Waals surface area contributed by atoms with Crippen LogP contribution in [0.15, 0.2) is 24.7 Å². The molecular weight excluding hydrogens is 295 g/mol. The molecular formula is C14H12ClFN4O. The number of pyridine rings is 1. The van der Waals surface area contributed by atoms with Crippen LogP contribution in [0.2, 0.25) is 5.15 Å². The molecule has 5 nitrogen and oxygen atoms in total. The first-order valence-electron chi connectivity index (χ1n) is 6.45. The van der Waals surface area contributed by atoms with Crippen molar-refractivity contribution in [3.8, 4) is 0 Å². The van der Waals surface area contributed by atoms with Crippen LogP contribution in [0.5, 0.6) is 0 Å². The van der Waals surface area contributed by atoms with Crippen molar-refractivity contribution in [2.75, 3.05) is 5.32 Å². The number of hydrogen-bond donors (Lipinski definition) is 1. The van der Waals surface area contributed by atoms with E-state index in [9.17, 15) is 9.18 Å². The molecule has 0 bridgehead atoms. The first-order chi connectivity index (χ1) is 10.1. The molecule has 2 unspecified atom stereocenters. The van der Waals surface area contributed by atoms with E-state index < -0.39 is 0 Å². The molecule has 2 aromatic rings. The van der Waals surface area contributed by atoms with Crippen molar-refractivity contribution in [1.29, 1.82) is 0 Å². The van der Waals surface area contributed by atoms with E-state index >= 15 is 0 Å². The van der Waals surface area contributed by atoms with Crippen LogP contribution < -0.4 is 5.32 Å². The molecule has 1 aliphatic carbocycles. The number of hydrogen-bond acceptors (Lipinski definition) is 4. The molecule has 0 aliphatic heterocycles. The summed E-state index contributed by atoms with van der Waals surface area (Å²) in [6.45, 7) is 1.68. The van der Waals surface area contributed by atoms with Gasteiger partial charge in [-0.3, -0.25) is 9.78 Å². The van der Waals surface area contributed by atoms with E-state index in [1.807, 2.05) is 0 Å². The van der Waals surface area contributed by atoms with Crippen molar-refractivity contribution in [3.63, 3.8) is 0 Å². The number of anilines is 1. The normalized spacial score (nSPS) is 20.1. The number of halogens is 2. The highest BCUT2D eigenvalue weighted by molar-refractivity contribution is 6.29. The summed E-state index contributed by atoms with van der Waals surface area (Å²) >= 11 is 5.72. The number of aromatic nitrogens is 3. The largest absolute Gasteiger partial charge is 0.310 e. The molecule has 1 N–H and O–H groups in total. The summed E-state index contributed by atoms with van der Waals surface area (Å²) in [5.41, 5.74) is 0.893. The third kappa shape index (κ3) is 2.85. The number of aryl methyl sites for hydroxylation is 1. The van der Waals surface area contributed by atoms with Gasteiger partial charge in [-0.15, -0.1) is 0 Å². The van der Waals surface area contributed by atoms with Gasteiger partial charge in [-0.1, -0.05) is 11.6 Å². The minimum absolute atomic E-state index is 0.179. The molecule has 0 saturated heterocycles. The molecule has 2 heterocycles. The topological polar surface area (TPSA) is 67.8 Å². The Morgan fingerprint density at radius 1 is 1.43 bits per heavy atom. The van der Waals surface area contributed by atoms with Gasteiger partial charge in [0.1, 0.15) is 23.1 Å². The van der Waals surface area contributed by atoms with Gasteiger partial charge in [-0.25, -0.2) is 14.4 Å². The molecule has 1 aliphatic rings. The Kier molecular flexibility index (Phi) is 3.55. The van der Waals surface area contributed by atoms with E-state index in [1.54, 1.807) is 19.2 Å². The van der Waals surface area contributed by atoms with E-state index in [4.69, 9.17) is 11.6 Å². The SMILES string of the molecule is Cc1ccnc(C2CC2C(=O)Nc2cc(Cl)ncn2)c1F. The van der Waals surface area contributed by atoms with Gasteiger partial charge < -0.3 is 5.32 Å². The molecule has 1 fully saturated rings. The molecule has 1 saturated carbocycles. The smallest absolute Gasteiger partial charge is 0.229 e. The Morgan fingerprint density at radius 2 is 2.24 bits per heavy atom. The highest BCUT2D eigenvalue weighted by Crippen LogP contribution is 2.48. The lowest BCUT2D eigenvalue weighted by molar-refractivity contribution is -0.117. The van der Waals surface area contributed by atoms with Crippen molar-refractivity contribution in [1.82, 2.24) is 15.0 Å². The second-order valence-electron chi connectivity index (χ2n) is 4.99. The summed E-state index contributed by atoms with van der Waals surface area (Å²) in [4.78, 5) is 23.8. The van der Waals surface area contributed by atoms with E-state index in [1.165, 1.54) is 12.4 Å². The van der Waals surface area contributed by atoms with Gasteiger partial charge in [0.05, 0.1) is 5.69 Å². The summed E-state index contributed by atoms with van der Waals surface area (Å²) in [6.07, 6.45) is 3.41. The molecule has 1 amide bonds. The van der Waals surface area contributed by atoms with E-state index in [0.29, 0.717) is 23.5 Å². The van der Waals surface area contributed by atoms with Crippen LogP contribution in [0.1, 0.15) is 23.6 Å². The second kappa shape index (κ2) is 5.37. The molecule has 108 valence electrons. The molecule has 0 aromatic carbocycles. The van der Waals surface area contributed by atoms with E-state index in [-0.39, 0.29) is 28.7 Å². The second-order valence-corrected chi connectivity index (χ2v) is 5.38. The van der Waals surface area contributed by atoms with Crippen molar-refractivity contribution < 1.29 is 9.18 Å². The van der Waals surface area contributed by atoms with E-state index in [0.717, 1.165) is 0 Å². The molecule has 7 heteroatoms. The standard InChI is InChI=1S/C14H12ClFN4O/c1-7-2-3-17-13(12(7)16)8-4-9(8)14(21)20-11-5-10(15)18-6-19-11/h2-3,5-6,8-9H,4H2,1H3,(H,18,19,20,21). The first kappa shape index (κ1) is 13.9. The maximum Gasteiger partial charge on any atom is 0.229 e. The number of rotatable bonds is 3. The maximum absolute atomic E-state index is 14.0. The zero-order valence-corrected chi connectivity index (χ0v) is 11.9. The van der Waals surface area contributed by atoms with Crippen LogP contribution in [0.4, 0.5) is 10.2 Å². The van der Waals surface area contributed by atoms with Crippen molar-refractivity contribution >= 4 is 23.3 Å². The lowest BCUT2D eigenvalue weighted by atomic mass is 10.1. The third-order valence-electron chi connectivity index (χ3n) is 3.47.